The van der Waals surface area contributed by atoms with Crippen LogP contribution in [0.5, 0.6) is 0 Å². The molecule has 88 valence electrons. The van der Waals surface area contributed by atoms with Crippen LogP contribution in [0.4, 0.5) is 8.78 Å². The molecule has 1 fully saturated rings. The third-order valence-electron chi connectivity index (χ3n) is 2.57. The lowest BCUT2D eigenvalue weighted by atomic mass is 10.2. The number of hydrogen-bond donors (Lipinski definition) is 2. The number of hydrogen-bond acceptors (Lipinski definition) is 3. The summed E-state index contributed by atoms with van der Waals surface area (Å²) >= 11 is 1.58. The number of halogens is 2. The molecular weight excluding hydrogens is 232 g/mol. The molecule has 0 saturated carbocycles. The van der Waals surface area contributed by atoms with Crippen molar-refractivity contribution in [2.75, 3.05) is 12.4 Å². The SMILES string of the molecule is OCCC1CSC(c2ccc(F)cc2F)N1. The lowest BCUT2D eigenvalue weighted by molar-refractivity contribution is 0.271. The normalized spacial score (nSPS) is 24.9. The molecule has 2 atom stereocenters. The summed E-state index contributed by atoms with van der Waals surface area (Å²) in [6.07, 6.45) is 0.659. The average molecular weight is 245 g/mol. The lowest BCUT2D eigenvalue weighted by Crippen LogP contribution is -2.27. The molecule has 2 rings (SSSR count). The molecule has 2 N–H and O–H groups in total. The van der Waals surface area contributed by atoms with Gasteiger partial charge in [-0.05, 0) is 12.5 Å². The van der Waals surface area contributed by atoms with Gasteiger partial charge in [0.05, 0.1) is 5.37 Å². The van der Waals surface area contributed by atoms with Crippen molar-refractivity contribution >= 4 is 11.8 Å². The Hall–Kier alpha value is -0.650. The van der Waals surface area contributed by atoms with Crippen LogP contribution in [0.2, 0.25) is 0 Å². The molecule has 0 bridgehead atoms. The van der Waals surface area contributed by atoms with Gasteiger partial charge in [0.15, 0.2) is 0 Å². The van der Waals surface area contributed by atoms with Crippen LogP contribution < -0.4 is 5.32 Å². The van der Waals surface area contributed by atoms with Gasteiger partial charge in [0.25, 0.3) is 0 Å². The standard InChI is InChI=1S/C11H13F2NOS/c12-7-1-2-9(10(13)5-7)11-14-8(3-4-15)6-16-11/h1-2,5,8,11,14-15H,3-4,6H2. The minimum atomic E-state index is -0.559. The number of aliphatic hydroxyl groups is 1. The Morgan fingerprint density at radius 2 is 2.25 bits per heavy atom. The fraction of sp³-hybridized carbons (Fsp3) is 0.455. The summed E-state index contributed by atoms with van der Waals surface area (Å²) in [5.74, 6) is -0.243. The highest BCUT2D eigenvalue weighted by atomic mass is 32.2. The Morgan fingerprint density at radius 3 is 2.94 bits per heavy atom. The first kappa shape index (κ1) is 11.8. The first-order valence-corrected chi connectivity index (χ1v) is 6.19. The van der Waals surface area contributed by atoms with Crippen molar-refractivity contribution in [3.8, 4) is 0 Å². The largest absolute Gasteiger partial charge is 0.396 e. The van der Waals surface area contributed by atoms with E-state index in [1.54, 1.807) is 11.8 Å². The number of aliphatic hydroxyl groups excluding tert-OH is 1. The van der Waals surface area contributed by atoms with Crippen molar-refractivity contribution in [1.29, 1.82) is 0 Å². The van der Waals surface area contributed by atoms with Crippen LogP contribution in [0.15, 0.2) is 18.2 Å². The molecule has 0 spiro atoms. The van der Waals surface area contributed by atoms with Crippen LogP contribution in [0.3, 0.4) is 0 Å². The number of benzene rings is 1. The highest BCUT2D eigenvalue weighted by molar-refractivity contribution is 7.99. The van der Waals surface area contributed by atoms with Crippen molar-refractivity contribution in [2.45, 2.75) is 17.8 Å². The Labute approximate surface area is 97.0 Å². The summed E-state index contributed by atoms with van der Waals surface area (Å²) in [6, 6.07) is 3.83. The van der Waals surface area contributed by atoms with Crippen LogP contribution in [-0.4, -0.2) is 23.5 Å². The molecule has 0 aliphatic carbocycles. The lowest BCUT2D eigenvalue weighted by Gasteiger charge is -2.13. The summed E-state index contributed by atoms with van der Waals surface area (Å²) in [4.78, 5) is 0. The van der Waals surface area contributed by atoms with E-state index in [4.69, 9.17) is 5.11 Å². The van der Waals surface area contributed by atoms with E-state index < -0.39 is 11.6 Å². The molecule has 0 amide bonds. The van der Waals surface area contributed by atoms with Crippen LogP contribution in [0.1, 0.15) is 17.4 Å². The van der Waals surface area contributed by atoms with Gasteiger partial charge >= 0.3 is 0 Å². The second-order valence-electron chi connectivity index (χ2n) is 3.76. The van der Waals surface area contributed by atoms with Gasteiger partial charge in [-0.15, -0.1) is 11.8 Å². The number of nitrogens with one attached hydrogen (secondary N) is 1. The second kappa shape index (κ2) is 5.12. The highest BCUT2D eigenvalue weighted by Gasteiger charge is 2.26. The average Bonchev–Trinajstić information content (AvgIpc) is 2.67. The smallest absolute Gasteiger partial charge is 0.131 e. The summed E-state index contributed by atoms with van der Waals surface area (Å²) in [7, 11) is 0. The zero-order valence-electron chi connectivity index (χ0n) is 8.62. The van der Waals surface area contributed by atoms with Crippen molar-refractivity contribution in [3.63, 3.8) is 0 Å². The fourth-order valence-electron chi connectivity index (χ4n) is 1.74. The van der Waals surface area contributed by atoms with E-state index in [1.807, 2.05) is 0 Å². The number of rotatable bonds is 3. The molecule has 1 aromatic carbocycles. The van der Waals surface area contributed by atoms with E-state index in [0.717, 1.165) is 11.8 Å². The highest BCUT2D eigenvalue weighted by Crippen LogP contribution is 2.34. The maximum Gasteiger partial charge on any atom is 0.131 e. The van der Waals surface area contributed by atoms with Gasteiger partial charge in [-0.2, -0.15) is 0 Å². The maximum atomic E-state index is 13.5. The van der Waals surface area contributed by atoms with E-state index in [0.29, 0.717) is 12.0 Å². The van der Waals surface area contributed by atoms with Gasteiger partial charge in [0.2, 0.25) is 0 Å². The second-order valence-corrected chi connectivity index (χ2v) is 4.89. The van der Waals surface area contributed by atoms with Crippen LogP contribution in [-0.2, 0) is 0 Å². The van der Waals surface area contributed by atoms with E-state index in [1.165, 1.54) is 12.1 Å². The Balaban J connectivity index is 2.08. The Morgan fingerprint density at radius 1 is 1.44 bits per heavy atom. The van der Waals surface area contributed by atoms with E-state index in [9.17, 15) is 8.78 Å². The van der Waals surface area contributed by atoms with Crippen LogP contribution in [0, 0.1) is 11.6 Å². The number of thioether (sulfide) groups is 1. The van der Waals surface area contributed by atoms with Crippen LogP contribution >= 0.6 is 11.8 Å². The summed E-state index contributed by atoms with van der Waals surface area (Å²) in [5, 5.41) is 11.9. The molecular formula is C11H13F2NOS. The molecule has 1 heterocycles. The molecule has 0 aromatic heterocycles. The van der Waals surface area contributed by atoms with Gasteiger partial charge in [-0.25, -0.2) is 8.78 Å². The Bertz CT molecular complexity index is 375. The van der Waals surface area contributed by atoms with Crippen molar-refractivity contribution < 1.29 is 13.9 Å². The Kier molecular flexibility index (Phi) is 3.78. The monoisotopic (exact) mass is 245 g/mol. The molecule has 2 unspecified atom stereocenters. The summed E-state index contributed by atoms with van der Waals surface area (Å²) in [5.41, 5.74) is 0.479. The van der Waals surface area contributed by atoms with E-state index >= 15 is 0 Å². The minimum Gasteiger partial charge on any atom is -0.396 e. The summed E-state index contributed by atoms with van der Waals surface area (Å²) in [6.45, 7) is 0.122. The van der Waals surface area contributed by atoms with Gasteiger partial charge in [-0.1, -0.05) is 6.07 Å². The molecule has 1 aliphatic rings. The zero-order valence-corrected chi connectivity index (χ0v) is 9.44. The van der Waals surface area contributed by atoms with Gasteiger partial charge in [0.1, 0.15) is 11.6 Å². The first-order valence-electron chi connectivity index (χ1n) is 5.14. The van der Waals surface area contributed by atoms with E-state index in [-0.39, 0.29) is 18.0 Å². The first-order chi connectivity index (χ1) is 7.70. The van der Waals surface area contributed by atoms with Crippen molar-refractivity contribution in [2.24, 2.45) is 0 Å². The third-order valence-corrected chi connectivity index (χ3v) is 3.89. The zero-order chi connectivity index (χ0) is 11.5. The van der Waals surface area contributed by atoms with Gasteiger partial charge in [-0.3, -0.25) is 5.32 Å². The topological polar surface area (TPSA) is 32.3 Å². The summed E-state index contributed by atoms with van der Waals surface area (Å²) < 4.78 is 26.2. The molecule has 2 nitrogen and oxygen atoms in total. The van der Waals surface area contributed by atoms with E-state index in [2.05, 4.69) is 5.32 Å². The third kappa shape index (κ3) is 2.53. The van der Waals surface area contributed by atoms with Gasteiger partial charge < -0.3 is 5.11 Å². The predicted octanol–water partition coefficient (Wildman–Crippen LogP) is 2.05. The molecule has 1 aliphatic heterocycles. The molecule has 5 heteroatoms. The molecule has 1 aromatic rings. The van der Waals surface area contributed by atoms with Crippen molar-refractivity contribution in [3.05, 3.63) is 35.4 Å². The van der Waals surface area contributed by atoms with Crippen LogP contribution in [0.25, 0.3) is 0 Å². The molecule has 1 saturated heterocycles. The fourth-order valence-corrected chi connectivity index (χ4v) is 3.09. The molecule has 0 radical (unpaired) electrons. The predicted molar refractivity (Wildman–Crippen MR) is 60.2 cm³/mol. The quantitative estimate of drug-likeness (QED) is 0.855. The molecule has 16 heavy (non-hydrogen) atoms. The van der Waals surface area contributed by atoms with Gasteiger partial charge in [0, 0.05) is 30.0 Å². The van der Waals surface area contributed by atoms with Crippen molar-refractivity contribution in [1.82, 2.24) is 5.32 Å². The minimum absolute atomic E-state index is 0.122. The maximum absolute atomic E-state index is 13.5.